The molecule has 0 aliphatic carbocycles. The van der Waals surface area contributed by atoms with E-state index in [-0.39, 0.29) is 22.3 Å². The standard InChI is InChI=1S/C15H13F5N2O3/c1-8(24-7-15(18,19)20)13(23)22-10-4-5-11(25-14(16)17)12-9(10)3-2-6-21-12/h2-6,8,14H,7H2,1H3,(H,22,23). The molecule has 1 amide bonds. The van der Waals surface area contributed by atoms with Crippen LogP contribution in [0.15, 0.2) is 30.5 Å². The number of rotatable bonds is 6. The topological polar surface area (TPSA) is 60.5 Å². The summed E-state index contributed by atoms with van der Waals surface area (Å²) in [5.74, 6) is -1.01. The summed E-state index contributed by atoms with van der Waals surface area (Å²) in [5.41, 5.74) is 0.252. The van der Waals surface area contributed by atoms with E-state index in [1.807, 2.05) is 0 Å². The number of aromatic nitrogens is 1. The molecule has 2 aromatic rings. The summed E-state index contributed by atoms with van der Waals surface area (Å²) in [7, 11) is 0. The number of amides is 1. The molecule has 0 aliphatic rings. The highest BCUT2D eigenvalue weighted by atomic mass is 19.4. The lowest BCUT2D eigenvalue weighted by molar-refractivity contribution is -0.184. The highest BCUT2D eigenvalue weighted by Crippen LogP contribution is 2.31. The molecule has 0 saturated carbocycles. The van der Waals surface area contributed by atoms with Gasteiger partial charge in [0.25, 0.3) is 5.91 Å². The van der Waals surface area contributed by atoms with Crippen LogP contribution in [0.1, 0.15) is 6.92 Å². The number of carbonyl (C=O) groups is 1. The van der Waals surface area contributed by atoms with Crippen molar-refractivity contribution in [2.24, 2.45) is 0 Å². The normalized spacial score (nSPS) is 13.1. The third-order valence-corrected chi connectivity index (χ3v) is 3.07. The lowest BCUT2D eigenvalue weighted by Crippen LogP contribution is -2.31. The fraction of sp³-hybridized carbons (Fsp3) is 0.333. The van der Waals surface area contributed by atoms with Crippen molar-refractivity contribution in [2.45, 2.75) is 25.8 Å². The van der Waals surface area contributed by atoms with Gasteiger partial charge in [-0.3, -0.25) is 9.78 Å². The number of carbonyl (C=O) groups excluding carboxylic acids is 1. The van der Waals surface area contributed by atoms with Gasteiger partial charge in [0.15, 0.2) is 5.75 Å². The first kappa shape index (κ1) is 18.8. The molecule has 1 heterocycles. The number of nitrogens with one attached hydrogen (secondary N) is 1. The second kappa shape index (κ2) is 7.60. The molecule has 136 valence electrons. The van der Waals surface area contributed by atoms with Crippen molar-refractivity contribution < 1.29 is 36.2 Å². The Labute approximate surface area is 138 Å². The predicted molar refractivity (Wildman–Crippen MR) is 78.5 cm³/mol. The Morgan fingerprint density at radius 3 is 2.64 bits per heavy atom. The zero-order valence-electron chi connectivity index (χ0n) is 12.8. The summed E-state index contributed by atoms with van der Waals surface area (Å²) < 4.78 is 70.0. The van der Waals surface area contributed by atoms with E-state index in [0.29, 0.717) is 0 Å². The maximum Gasteiger partial charge on any atom is 0.411 e. The first-order valence-electron chi connectivity index (χ1n) is 6.99. The van der Waals surface area contributed by atoms with E-state index in [2.05, 4.69) is 19.8 Å². The molecule has 1 aromatic heterocycles. The lowest BCUT2D eigenvalue weighted by Gasteiger charge is -2.16. The summed E-state index contributed by atoms with van der Waals surface area (Å²) in [5, 5.41) is 2.68. The van der Waals surface area contributed by atoms with Gasteiger partial charge in [0.05, 0.1) is 5.69 Å². The summed E-state index contributed by atoms with van der Waals surface area (Å²) in [6.45, 7) is -3.46. The number of fused-ring (bicyclic) bond motifs is 1. The van der Waals surface area contributed by atoms with Crippen LogP contribution in [0.4, 0.5) is 27.6 Å². The van der Waals surface area contributed by atoms with Crippen LogP contribution in [0.25, 0.3) is 10.9 Å². The Morgan fingerprint density at radius 2 is 2.00 bits per heavy atom. The maximum absolute atomic E-state index is 12.4. The highest BCUT2D eigenvalue weighted by molar-refractivity contribution is 6.04. The summed E-state index contributed by atoms with van der Waals surface area (Å²) >= 11 is 0. The molecule has 1 aromatic carbocycles. The zero-order valence-corrected chi connectivity index (χ0v) is 12.8. The first-order valence-corrected chi connectivity index (χ1v) is 6.99. The van der Waals surface area contributed by atoms with Gasteiger partial charge in [0.2, 0.25) is 0 Å². The summed E-state index contributed by atoms with van der Waals surface area (Å²) in [4.78, 5) is 15.9. The first-order chi connectivity index (χ1) is 11.7. The Balaban J connectivity index is 2.20. The highest BCUT2D eigenvalue weighted by Gasteiger charge is 2.30. The number of hydrogen-bond donors (Lipinski definition) is 1. The molecular weight excluding hydrogens is 351 g/mol. The zero-order chi connectivity index (χ0) is 18.6. The van der Waals surface area contributed by atoms with Crippen molar-refractivity contribution in [3.8, 4) is 5.75 Å². The quantitative estimate of drug-likeness (QED) is 0.794. The second-order valence-electron chi connectivity index (χ2n) is 4.95. The van der Waals surface area contributed by atoms with Crippen molar-refractivity contribution >= 4 is 22.5 Å². The number of ether oxygens (including phenoxy) is 2. The molecule has 1 unspecified atom stereocenters. The van der Waals surface area contributed by atoms with E-state index in [1.54, 1.807) is 0 Å². The van der Waals surface area contributed by atoms with Crippen molar-refractivity contribution in [1.82, 2.24) is 4.98 Å². The SMILES string of the molecule is CC(OCC(F)(F)F)C(=O)Nc1ccc(OC(F)F)c2ncccc12. The summed E-state index contributed by atoms with van der Waals surface area (Å²) in [6, 6.07) is 5.47. The van der Waals surface area contributed by atoms with Crippen molar-refractivity contribution in [3.05, 3.63) is 30.5 Å². The molecule has 5 nitrogen and oxygen atoms in total. The Hall–Kier alpha value is -2.49. The van der Waals surface area contributed by atoms with Crippen molar-refractivity contribution in [2.75, 3.05) is 11.9 Å². The van der Waals surface area contributed by atoms with Crippen LogP contribution in [0.2, 0.25) is 0 Å². The summed E-state index contributed by atoms with van der Waals surface area (Å²) in [6.07, 6.45) is -4.58. The third kappa shape index (κ3) is 5.24. The van der Waals surface area contributed by atoms with E-state index in [9.17, 15) is 26.7 Å². The van der Waals surface area contributed by atoms with E-state index in [4.69, 9.17) is 0 Å². The number of hydrogen-bond acceptors (Lipinski definition) is 4. The van der Waals surface area contributed by atoms with Crippen LogP contribution in [-0.4, -0.2) is 36.4 Å². The molecule has 0 fully saturated rings. The van der Waals surface area contributed by atoms with Gasteiger partial charge in [-0.1, -0.05) is 0 Å². The van der Waals surface area contributed by atoms with Gasteiger partial charge >= 0.3 is 12.8 Å². The monoisotopic (exact) mass is 364 g/mol. The minimum absolute atomic E-state index is 0.0736. The van der Waals surface area contributed by atoms with Crippen LogP contribution in [0, 0.1) is 0 Å². The molecule has 0 radical (unpaired) electrons. The van der Waals surface area contributed by atoms with E-state index >= 15 is 0 Å². The van der Waals surface area contributed by atoms with Crippen molar-refractivity contribution in [3.63, 3.8) is 0 Å². The van der Waals surface area contributed by atoms with E-state index in [1.165, 1.54) is 30.5 Å². The minimum Gasteiger partial charge on any atom is -0.432 e. The Bertz CT molecular complexity index is 752. The average Bonchev–Trinajstić information content (AvgIpc) is 2.53. The smallest absolute Gasteiger partial charge is 0.411 e. The van der Waals surface area contributed by atoms with Gasteiger partial charge in [-0.25, -0.2) is 0 Å². The average molecular weight is 364 g/mol. The van der Waals surface area contributed by atoms with Gasteiger partial charge in [-0.2, -0.15) is 22.0 Å². The lowest BCUT2D eigenvalue weighted by atomic mass is 10.1. The van der Waals surface area contributed by atoms with Crippen LogP contribution < -0.4 is 10.1 Å². The molecule has 0 spiro atoms. The van der Waals surface area contributed by atoms with Gasteiger partial charge in [-0.15, -0.1) is 0 Å². The fourth-order valence-corrected chi connectivity index (χ4v) is 1.98. The molecule has 2 rings (SSSR count). The molecular formula is C15H13F5N2O3. The predicted octanol–water partition coefficient (Wildman–Crippen LogP) is 3.74. The molecule has 1 atom stereocenters. The molecule has 1 N–H and O–H groups in total. The van der Waals surface area contributed by atoms with Crippen LogP contribution in [-0.2, 0) is 9.53 Å². The number of pyridine rings is 1. The van der Waals surface area contributed by atoms with E-state index < -0.39 is 31.4 Å². The largest absolute Gasteiger partial charge is 0.432 e. The molecule has 0 saturated heterocycles. The minimum atomic E-state index is -4.56. The molecule has 0 bridgehead atoms. The fourth-order valence-electron chi connectivity index (χ4n) is 1.98. The number of anilines is 1. The van der Waals surface area contributed by atoms with Gasteiger partial charge < -0.3 is 14.8 Å². The Morgan fingerprint density at radius 1 is 1.28 bits per heavy atom. The van der Waals surface area contributed by atoms with Crippen LogP contribution in [0.3, 0.4) is 0 Å². The maximum atomic E-state index is 12.4. The van der Waals surface area contributed by atoms with E-state index in [0.717, 1.165) is 6.92 Å². The molecule has 0 aliphatic heterocycles. The van der Waals surface area contributed by atoms with Crippen molar-refractivity contribution in [1.29, 1.82) is 0 Å². The van der Waals surface area contributed by atoms with Gasteiger partial charge in [-0.05, 0) is 31.2 Å². The number of alkyl halides is 5. The van der Waals surface area contributed by atoms with Crippen LogP contribution >= 0.6 is 0 Å². The third-order valence-electron chi connectivity index (χ3n) is 3.07. The van der Waals surface area contributed by atoms with Gasteiger partial charge in [0.1, 0.15) is 18.2 Å². The molecule has 25 heavy (non-hydrogen) atoms. The molecule has 10 heteroatoms. The van der Waals surface area contributed by atoms with Crippen LogP contribution in [0.5, 0.6) is 5.75 Å². The number of halogens is 5. The Kier molecular flexibility index (Phi) is 5.73. The number of benzene rings is 1. The van der Waals surface area contributed by atoms with Gasteiger partial charge in [0, 0.05) is 11.6 Å². The number of nitrogens with zero attached hydrogens (tertiary/aromatic N) is 1. The second-order valence-corrected chi connectivity index (χ2v) is 4.95.